The third kappa shape index (κ3) is 4.10. The Balaban J connectivity index is 2.41. The van der Waals surface area contributed by atoms with Crippen molar-refractivity contribution in [2.24, 2.45) is 5.92 Å². The summed E-state index contributed by atoms with van der Waals surface area (Å²) in [4.78, 5) is 0. The first-order chi connectivity index (χ1) is 7.17. The average Bonchev–Trinajstić information content (AvgIpc) is 2.66. The van der Waals surface area contributed by atoms with Gasteiger partial charge in [0.25, 0.3) is 0 Å². The summed E-state index contributed by atoms with van der Waals surface area (Å²) >= 11 is 2.44. The second kappa shape index (κ2) is 6.48. The Hall–Kier alpha value is -0.100. The maximum absolute atomic E-state index is 4.26. The minimum Gasteiger partial charge on any atom is -0.309 e. The summed E-state index contributed by atoms with van der Waals surface area (Å²) < 4.78 is 3.11. The molecule has 0 aliphatic heterocycles. The van der Waals surface area contributed by atoms with Gasteiger partial charge in [-0.2, -0.15) is 5.10 Å². The van der Waals surface area contributed by atoms with Gasteiger partial charge in [0, 0.05) is 35.3 Å². The van der Waals surface area contributed by atoms with E-state index < -0.39 is 0 Å². The highest BCUT2D eigenvalue weighted by Gasteiger charge is 2.10. The smallest absolute Gasteiger partial charge is 0.0534 e. The first kappa shape index (κ1) is 13.0. The van der Waals surface area contributed by atoms with Crippen LogP contribution in [-0.4, -0.2) is 20.2 Å². The van der Waals surface area contributed by atoms with Crippen LogP contribution in [0.15, 0.2) is 12.4 Å². The highest BCUT2D eigenvalue weighted by molar-refractivity contribution is 14.1. The largest absolute Gasteiger partial charge is 0.309 e. The van der Waals surface area contributed by atoms with Crippen LogP contribution in [0.4, 0.5) is 0 Å². The molecule has 0 saturated heterocycles. The van der Waals surface area contributed by atoms with Crippen LogP contribution in [0.25, 0.3) is 0 Å². The number of nitrogens with one attached hydrogen (secondary N) is 1. The quantitative estimate of drug-likeness (QED) is 0.644. The number of hydrogen-bond donors (Lipinski definition) is 1. The number of aryl methyl sites for hydroxylation is 1. The molecule has 0 radical (unpaired) electrons. The van der Waals surface area contributed by atoms with Crippen LogP contribution in [0.2, 0.25) is 0 Å². The zero-order chi connectivity index (χ0) is 11.3. The molecule has 1 rings (SSSR count). The van der Waals surface area contributed by atoms with Crippen molar-refractivity contribution in [2.45, 2.75) is 39.9 Å². The molecule has 0 aliphatic rings. The number of halogens is 1. The normalized spacial score (nSPS) is 13.4. The van der Waals surface area contributed by atoms with Gasteiger partial charge in [-0.05, 0) is 12.8 Å². The molecule has 0 fully saturated rings. The molecule has 0 spiro atoms. The molecule has 1 aromatic rings. The minimum atomic E-state index is 0.593. The summed E-state index contributed by atoms with van der Waals surface area (Å²) in [7, 11) is 0. The molecule has 0 amide bonds. The van der Waals surface area contributed by atoms with Gasteiger partial charge in [0.15, 0.2) is 0 Å². The van der Waals surface area contributed by atoms with Crippen molar-refractivity contribution in [3.05, 3.63) is 18.0 Å². The van der Waals surface area contributed by atoms with Crippen LogP contribution in [0.1, 0.15) is 26.3 Å². The van der Waals surface area contributed by atoms with Crippen molar-refractivity contribution in [3.63, 3.8) is 0 Å². The Morgan fingerprint density at radius 2 is 2.27 bits per heavy atom. The summed E-state index contributed by atoms with van der Waals surface area (Å²) in [5.41, 5.74) is 1.27. The van der Waals surface area contributed by atoms with E-state index in [1.807, 2.05) is 10.9 Å². The van der Waals surface area contributed by atoms with Crippen molar-refractivity contribution < 1.29 is 0 Å². The van der Waals surface area contributed by atoms with Crippen molar-refractivity contribution in [3.8, 4) is 0 Å². The third-order valence-electron chi connectivity index (χ3n) is 2.55. The lowest BCUT2D eigenvalue weighted by atomic mass is 10.1. The van der Waals surface area contributed by atoms with E-state index in [2.05, 4.69) is 60.0 Å². The van der Waals surface area contributed by atoms with Crippen molar-refractivity contribution in [2.75, 3.05) is 4.43 Å². The Kier molecular flexibility index (Phi) is 5.60. The molecule has 1 N–H and O–H groups in total. The highest BCUT2D eigenvalue weighted by atomic mass is 127. The lowest BCUT2D eigenvalue weighted by molar-refractivity contribution is 0.436. The van der Waals surface area contributed by atoms with Crippen LogP contribution >= 0.6 is 22.6 Å². The highest BCUT2D eigenvalue weighted by Crippen LogP contribution is 2.06. The van der Waals surface area contributed by atoms with E-state index in [1.165, 1.54) is 5.56 Å². The van der Waals surface area contributed by atoms with E-state index in [4.69, 9.17) is 0 Å². The number of nitrogens with zero attached hydrogens (tertiary/aromatic N) is 2. The van der Waals surface area contributed by atoms with Gasteiger partial charge < -0.3 is 5.32 Å². The summed E-state index contributed by atoms with van der Waals surface area (Å²) in [6, 6.07) is 0.593. The van der Waals surface area contributed by atoms with Crippen LogP contribution in [0, 0.1) is 5.92 Å². The lowest BCUT2D eigenvalue weighted by Gasteiger charge is -2.19. The standard InChI is InChI=1S/C11H20IN3/c1-4-15-8-10(7-14-15)6-13-11(5-12)9(2)3/h7-9,11,13H,4-6H2,1-3H3. The SMILES string of the molecule is CCn1cc(CNC(CI)C(C)C)cn1. The topological polar surface area (TPSA) is 29.9 Å². The molecule has 15 heavy (non-hydrogen) atoms. The van der Waals surface area contributed by atoms with Gasteiger partial charge in [0.05, 0.1) is 6.20 Å². The van der Waals surface area contributed by atoms with Gasteiger partial charge in [0.2, 0.25) is 0 Å². The van der Waals surface area contributed by atoms with E-state index in [9.17, 15) is 0 Å². The van der Waals surface area contributed by atoms with Gasteiger partial charge >= 0.3 is 0 Å². The monoisotopic (exact) mass is 321 g/mol. The van der Waals surface area contributed by atoms with Gasteiger partial charge in [-0.3, -0.25) is 4.68 Å². The van der Waals surface area contributed by atoms with E-state index in [0.29, 0.717) is 12.0 Å². The molecule has 3 nitrogen and oxygen atoms in total. The molecular weight excluding hydrogens is 301 g/mol. The molecule has 1 aromatic heterocycles. The second-order valence-corrected chi connectivity index (χ2v) is 4.97. The molecule has 4 heteroatoms. The van der Waals surface area contributed by atoms with Crippen LogP contribution in [0.5, 0.6) is 0 Å². The lowest BCUT2D eigenvalue weighted by Crippen LogP contribution is -2.34. The van der Waals surface area contributed by atoms with E-state index in [0.717, 1.165) is 17.5 Å². The minimum absolute atomic E-state index is 0.593. The van der Waals surface area contributed by atoms with Gasteiger partial charge in [0.1, 0.15) is 0 Å². The number of aromatic nitrogens is 2. The summed E-state index contributed by atoms with van der Waals surface area (Å²) in [5, 5.41) is 7.82. The molecule has 1 atom stereocenters. The van der Waals surface area contributed by atoms with Crippen LogP contribution in [-0.2, 0) is 13.1 Å². The van der Waals surface area contributed by atoms with Gasteiger partial charge in [-0.25, -0.2) is 0 Å². The van der Waals surface area contributed by atoms with Gasteiger partial charge in [-0.1, -0.05) is 36.4 Å². The van der Waals surface area contributed by atoms with Crippen molar-refractivity contribution >= 4 is 22.6 Å². The fourth-order valence-corrected chi connectivity index (χ4v) is 2.72. The fourth-order valence-electron chi connectivity index (χ4n) is 1.39. The molecule has 1 unspecified atom stereocenters. The van der Waals surface area contributed by atoms with Gasteiger partial charge in [-0.15, -0.1) is 0 Å². The zero-order valence-corrected chi connectivity index (χ0v) is 11.9. The van der Waals surface area contributed by atoms with Crippen molar-refractivity contribution in [1.29, 1.82) is 0 Å². The fraction of sp³-hybridized carbons (Fsp3) is 0.727. The second-order valence-electron chi connectivity index (χ2n) is 4.09. The Labute approximate surface area is 106 Å². The van der Waals surface area contributed by atoms with Crippen LogP contribution < -0.4 is 5.32 Å². The maximum Gasteiger partial charge on any atom is 0.0534 e. The number of hydrogen-bond acceptors (Lipinski definition) is 2. The van der Waals surface area contributed by atoms with Crippen molar-refractivity contribution in [1.82, 2.24) is 15.1 Å². The van der Waals surface area contributed by atoms with Crippen LogP contribution in [0.3, 0.4) is 0 Å². The molecule has 86 valence electrons. The Morgan fingerprint density at radius 1 is 1.53 bits per heavy atom. The van der Waals surface area contributed by atoms with E-state index in [-0.39, 0.29) is 0 Å². The number of alkyl halides is 1. The zero-order valence-electron chi connectivity index (χ0n) is 9.70. The van der Waals surface area contributed by atoms with E-state index >= 15 is 0 Å². The molecule has 1 heterocycles. The summed E-state index contributed by atoms with van der Waals surface area (Å²) in [6.45, 7) is 8.48. The predicted molar refractivity (Wildman–Crippen MR) is 72.3 cm³/mol. The predicted octanol–water partition coefficient (Wildman–Crippen LogP) is 2.45. The third-order valence-corrected chi connectivity index (χ3v) is 3.50. The number of rotatable bonds is 6. The average molecular weight is 321 g/mol. The molecule has 0 saturated carbocycles. The molecular formula is C11H20IN3. The first-order valence-electron chi connectivity index (χ1n) is 5.48. The summed E-state index contributed by atoms with van der Waals surface area (Å²) in [6.07, 6.45) is 4.05. The first-order valence-corrected chi connectivity index (χ1v) is 7.00. The maximum atomic E-state index is 4.26. The molecule has 0 aliphatic carbocycles. The Bertz CT molecular complexity index is 283. The summed E-state index contributed by atoms with van der Waals surface area (Å²) in [5.74, 6) is 0.683. The Morgan fingerprint density at radius 3 is 2.73 bits per heavy atom. The molecule has 0 bridgehead atoms. The van der Waals surface area contributed by atoms with E-state index in [1.54, 1.807) is 0 Å². The molecule has 0 aromatic carbocycles.